The van der Waals surface area contributed by atoms with Gasteiger partial charge < -0.3 is 0 Å². The molecule has 1 aromatic heterocycles. The van der Waals surface area contributed by atoms with Crippen molar-refractivity contribution in [2.45, 2.75) is 58.2 Å². The van der Waals surface area contributed by atoms with Crippen LogP contribution in [-0.2, 0) is 0 Å². The molecule has 0 spiro atoms. The van der Waals surface area contributed by atoms with Gasteiger partial charge in [0.2, 0.25) is 0 Å². The zero-order valence-electron chi connectivity index (χ0n) is 17.3. The Labute approximate surface area is 168 Å². The highest BCUT2D eigenvalue weighted by molar-refractivity contribution is 7.33. The molecule has 0 unspecified atom stereocenters. The molecule has 0 saturated heterocycles. The Bertz CT molecular complexity index is 1020. The van der Waals surface area contributed by atoms with Crippen LogP contribution < -0.4 is 4.50 Å². The first-order chi connectivity index (χ1) is 12.9. The molecule has 0 amide bonds. The molecule has 0 aliphatic heterocycles. The molecule has 0 bridgehead atoms. The summed E-state index contributed by atoms with van der Waals surface area (Å²) in [5.41, 5.74) is 2.22. The summed E-state index contributed by atoms with van der Waals surface area (Å²) in [6.07, 6.45) is 0. The summed E-state index contributed by atoms with van der Waals surface area (Å²) in [5, 5.41) is 7.06. The van der Waals surface area contributed by atoms with Crippen molar-refractivity contribution in [1.29, 1.82) is 0 Å². The zero-order chi connectivity index (χ0) is 19.3. The molecule has 0 atom stereocenters. The minimum absolute atomic E-state index is 0.739. The van der Waals surface area contributed by atoms with Crippen molar-refractivity contribution in [3.8, 4) is 0 Å². The lowest BCUT2D eigenvalue weighted by molar-refractivity contribution is 0.837. The standard InChI is InChI=1S/C25H30SSi/c1-16(2)27(17(3)4,18(5)6)24-15-23-21-13-8-7-11-19(21)20-12-9-10-14-22(20)25(23)26-24/h7-18H,1-6H3. The molecule has 0 saturated carbocycles. The molecule has 0 radical (unpaired) electrons. The fourth-order valence-electron chi connectivity index (χ4n) is 5.73. The molecule has 140 valence electrons. The van der Waals surface area contributed by atoms with Gasteiger partial charge in [0.05, 0.1) is 0 Å². The zero-order valence-corrected chi connectivity index (χ0v) is 19.2. The minimum Gasteiger partial charge on any atom is -0.144 e. The van der Waals surface area contributed by atoms with Gasteiger partial charge in [-0.2, -0.15) is 0 Å². The summed E-state index contributed by atoms with van der Waals surface area (Å²) >= 11 is 2.10. The monoisotopic (exact) mass is 390 g/mol. The molecule has 2 heteroatoms. The van der Waals surface area contributed by atoms with Crippen LogP contribution in [-0.4, -0.2) is 8.07 Å². The summed E-state index contributed by atoms with van der Waals surface area (Å²) in [4.78, 5) is 0. The summed E-state index contributed by atoms with van der Waals surface area (Å²) < 4.78 is 3.18. The maximum absolute atomic E-state index is 2.58. The lowest BCUT2D eigenvalue weighted by Crippen LogP contribution is -2.54. The van der Waals surface area contributed by atoms with Crippen LogP contribution in [0.5, 0.6) is 0 Å². The summed E-state index contributed by atoms with van der Waals surface area (Å²) in [6, 6.07) is 20.5. The van der Waals surface area contributed by atoms with Crippen LogP contribution in [0.15, 0.2) is 54.6 Å². The average Bonchev–Trinajstić information content (AvgIpc) is 3.07. The van der Waals surface area contributed by atoms with Gasteiger partial charge in [0.1, 0.15) is 8.07 Å². The molecule has 0 nitrogen and oxygen atoms in total. The van der Waals surface area contributed by atoms with E-state index in [-0.39, 0.29) is 0 Å². The number of hydrogen-bond acceptors (Lipinski definition) is 1. The topological polar surface area (TPSA) is 0 Å². The second-order valence-corrected chi connectivity index (χ2v) is 16.1. The van der Waals surface area contributed by atoms with Crippen molar-refractivity contribution in [2.75, 3.05) is 0 Å². The van der Waals surface area contributed by atoms with Crippen LogP contribution in [0.1, 0.15) is 41.5 Å². The van der Waals surface area contributed by atoms with Gasteiger partial charge in [0.15, 0.2) is 0 Å². The Morgan fingerprint density at radius 2 is 1.00 bits per heavy atom. The average molecular weight is 391 g/mol. The van der Waals surface area contributed by atoms with E-state index in [1.165, 1.54) is 31.6 Å². The summed E-state index contributed by atoms with van der Waals surface area (Å²) in [5.74, 6) is 0. The van der Waals surface area contributed by atoms with E-state index in [1.54, 1.807) is 4.50 Å². The molecular weight excluding hydrogens is 360 g/mol. The van der Waals surface area contributed by atoms with E-state index < -0.39 is 8.07 Å². The van der Waals surface area contributed by atoms with Crippen molar-refractivity contribution in [3.63, 3.8) is 0 Å². The van der Waals surface area contributed by atoms with Gasteiger partial charge in [-0.3, -0.25) is 0 Å². The maximum atomic E-state index is 2.58. The number of fused-ring (bicyclic) bond motifs is 6. The fourth-order valence-corrected chi connectivity index (χ4v) is 15.9. The van der Waals surface area contributed by atoms with Crippen molar-refractivity contribution in [2.24, 2.45) is 0 Å². The van der Waals surface area contributed by atoms with Gasteiger partial charge in [-0.1, -0.05) is 90.1 Å². The van der Waals surface area contributed by atoms with Gasteiger partial charge in [-0.05, 0) is 43.3 Å². The van der Waals surface area contributed by atoms with E-state index in [9.17, 15) is 0 Å². The first-order valence-electron chi connectivity index (χ1n) is 10.2. The number of benzene rings is 3. The van der Waals surface area contributed by atoms with Crippen molar-refractivity contribution >= 4 is 55.5 Å². The third kappa shape index (κ3) is 2.61. The summed E-state index contributed by atoms with van der Waals surface area (Å²) in [7, 11) is -1.64. The fraction of sp³-hybridized carbons (Fsp3) is 0.360. The van der Waals surface area contributed by atoms with Crippen LogP contribution in [0.4, 0.5) is 0 Å². The molecule has 0 N–H and O–H groups in total. The van der Waals surface area contributed by atoms with Crippen LogP contribution in [0.2, 0.25) is 16.6 Å². The Morgan fingerprint density at radius 3 is 1.48 bits per heavy atom. The third-order valence-electron chi connectivity index (χ3n) is 6.70. The molecular formula is C25H30SSi. The largest absolute Gasteiger partial charge is 0.144 e. The lowest BCUT2D eigenvalue weighted by Gasteiger charge is -2.42. The molecule has 0 fully saturated rings. The normalized spacial score (nSPS) is 13.1. The Balaban J connectivity index is 2.17. The van der Waals surface area contributed by atoms with Gasteiger partial charge >= 0.3 is 0 Å². The van der Waals surface area contributed by atoms with E-state index in [0.29, 0.717) is 0 Å². The molecule has 4 rings (SSSR count). The first kappa shape index (κ1) is 18.7. The van der Waals surface area contributed by atoms with Gasteiger partial charge in [0.25, 0.3) is 0 Å². The minimum atomic E-state index is -1.64. The van der Waals surface area contributed by atoms with E-state index in [0.717, 1.165) is 16.6 Å². The van der Waals surface area contributed by atoms with Gasteiger partial charge in [-0.25, -0.2) is 0 Å². The molecule has 4 aromatic rings. The predicted molar refractivity (Wildman–Crippen MR) is 128 cm³/mol. The molecule has 1 heterocycles. The quantitative estimate of drug-likeness (QED) is 0.244. The van der Waals surface area contributed by atoms with Gasteiger partial charge in [0, 0.05) is 15.5 Å². The van der Waals surface area contributed by atoms with Crippen molar-refractivity contribution in [1.82, 2.24) is 0 Å². The van der Waals surface area contributed by atoms with Crippen LogP contribution in [0, 0.1) is 0 Å². The van der Waals surface area contributed by atoms with Crippen molar-refractivity contribution in [3.05, 3.63) is 54.6 Å². The molecule has 3 aromatic carbocycles. The predicted octanol–water partition coefficient (Wildman–Crippen LogP) is 8.09. The highest BCUT2D eigenvalue weighted by Crippen LogP contribution is 2.45. The maximum Gasteiger partial charge on any atom is 0.107 e. The highest BCUT2D eigenvalue weighted by atomic mass is 32.1. The van der Waals surface area contributed by atoms with Crippen LogP contribution >= 0.6 is 11.3 Å². The van der Waals surface area contributed by atoms with E-state index >= 15 is 0 Å². The lowest BCUT2D eigenvalue weighted by atomic mass is 9.99. The Morgan fingerprint density at radius 1 is 0.593 bits per heavy atom. The number of thiophene rings is 1. The highest BCUT2D eigenvalue weighted by Gasteiger charge is 2.45. The van der Waals surface area contributed by atoms with Crippen LogP contribution in [0.3, 0.4) is 0 Å². The number of hydrogen-bond donors (Lipinski definition) is 0. The Kier molecular flexibility index (Phi) is 4.68. The van der Waals surface area contributed by atoms with E-state index in [1.807, 2.05) is 0 Å². The Hall–Kier alpha value is -1.64. The molecule has 27 heavy (non-hydrogen) atoms. The molecule has 0 aliphatic rings. The van der Waals surface area contributed by atoms with E-state index in [4.69, 9.17) is 0 Å². The number of rotatable bonds is 4. The van der Waals surface area contributed by atoms with Crippen LogP contribution in [0.25, 0.3) is 31.6 Å². The second-order valence-electron chi connectivity index (χ2n) is 8.84. The van der Waals surface area contributed by atoms with E-state index in [2.05, 4.69) is 107 Å². The first-order valence-corrected chi connectivity index (χ1v) is 13.3. The SMILES string of the molecule is CC(C)[Si](c1cc2c3ccccc3c3ccccc3c2s1)(C(C)C)C(C)C. The van der Waals surface area contributed by atoms with Crippen molar-refractivity contribution < 1.29 is 0 Å². The summed E-state index contributed by atoms with van der Waals surface area (Å²) in [6.45, 7) is 14.8. The smallest absolute Gasteiger partial charge is 0.107 e. The molecule has 0 aliphatic carbocycles. The second kappa shape index (κ2) is 6.75. The third-order valence-corrected chi connectivity index (χ3v) is 15.8. The van der Waals surface area contributed by atoms with Gasteiger partial charge in [-0.15, -0.1) is 11.3 Å².